The maximum atomic E-state index is 12.0. The largest absolute Gasteiger partial charge is 0.481 e. The van der Waals surface area contributed by atoms with Gasteiger partial charge < -0.3 is 15.7 Å². The molecule has 1 amide bonds. The van der Waals surface area contributed by atoms with Gasteiger partial charge in [-0.25, -0.2) is 0 Å². The molecule has 0 aromatic carbocycles. The molecule has 2 atom stereocenters. The lowest BCUT2D eigenvalue weighted by Crippen LogP contribution is -2.51. The van der Waals surface area contributed by atoms with Gasteiger partial charge in [0.25, 0.3) is 0 Å². The number of carboxylic acid groups (broad SMARTS) is 1. The SMILES string of the molecule is CCC(CCNC(=O)C1(C)CCCN1)CCC(=O)O. The van der Waals surface area contributed by atoms with E-state index >= 15 is 0 Å². The molecule has 0 aromatic heterocycles. The molecule has 19 heavy (non-hydrogen) atoms. The molecular formula is C14H26N2O3. The summed E-state index contributed by atoms with van der Waals surface area (Å²) in [4.78, 5) is 22.6. The van der Waals surface area contributed by atoms with Gasteiger partial charge in [-0.3, -0.25) is 9.59 Å². The van der Waals surface area contributed by atoms with E-state index in [0.717, 1.165) is 32.2 Å². The number of carbonyl (C=O) groups is 2. The number of hydrogen-bond acceptors (Lipinski definition) is 3. The van der Waals surface area contributed by atoms with Crippen molar-refractivity contribution >= 4 is 11.9 Å². The summed E-state index contributed by atoms with van der Waals surface area (Å²) < 4.78 is 0. The number of rotatable bonds is 8. The Labute approximate surface area is 115 Å². The summed E-state index contributed by atoms with van der Waals surface area (Å²) in [6.45, 7) is 5.54. The smallest absolute Gasteiger partial charge is 0.303 e. The van der Waals surface area contributed by atoms with E-state index in [1.165, 1.54) is 0 Å². The predicted molar refractivity (Wildman–Crippen MR) is 73.9 cm³/mol. The van der Waals surface area contributed by atoms with E-state index < -0.39 is 11.5 Å². The lowest BCUT2D eigenvalue weighted by Gasteiger charge is -2.23. The third kappa shape index (κ3) is 5.19. The molecule has 1 aliphatic rings. The van der Waals surface area contributed by atoms with Crippen LogP contribution in [-0.2, 0) is 9.59 Å². The Morgan fingerprint density at radius 2 is 2.16 bits per heavy atom. The molecule has 1 fully saturated rings. The summed E-state index contributed by atoms with van der Waals surface area (Å²) in [6, 6.07) is 0. The normalized spacial score (nSPS) is 24.1. The van der Waals surface area contributed by atoms with Crippen molar-refractivity contribution in [3.8, 4) is 0 Å². The fraction of sp³-hybridized carbons (Fsp3) is 0.857. The van der Waals surface area contributed by atoms with Crippen LogP contribution in [0.4, 0.5) is 0 Å². The van der Waals surface area contributed by atoms with Gasteiger partial charge >= 0.3 is 5.97 Å². The maximum Gasteiger partial charge on any atom is 0.303 e. The van der Waals surface area contributed by atoms with Crippen LogP contribution in [0.2, 0.25) is 0 Å². The zero-order valence-electron chi connectivity index (χ0n) is 12.0. The van der Waals surface area contributed by atoms with E-state index in [0.29, 0.717) is 18.9 Å². The standard InChI is InChI=1S/C14H26N2O3/c1-3-11(5-6-12(17)18)7-10-15-13(19)14(2)8-4-9-16-14/h11,16H,3-10H2,1-2H3,(H,15,19)(H,17,18). The highest BCUT2D eigenvalue weighted by Gasteiger charge is 2.35. The Bertz CT molecular complexity index is 312. The van der Waals surface area contributed by atoms with Crippen LogP contribution in [0, 0.1) is 5.92 Å². The van der Waals surface area contributed by atoms with Crippen LogP contribution in [0.1, 0.15) is 52.4 Å². The van der Waals surface area contributed by atoms with Crippen LogP contribution < -0.4 is 10.6 Å². The Kier molecular flexibility index (Phi) is 6.28. The highest BCUT2D eigenvalue weighted by molar-refractivity contribution is 5.86. The van der Waals surface area contributed by atoms with Crippen LogP contribution in [-0.4, -0.2) is 35.6 Å². The van der Waals surface area contributed by atoms with Gasteiger partial charge in [0, 0.05) is 13.0 Å². The number of amides is 1. The number of aliphatic carboxylic acids is 1. The van der Waals surface area contributed by atoms with Crippen molar-refractivity contribution in [2.24, 2.45) is 5.92 Å². The number of hydrogen-bond donors (Lipinski definition) is 3. The molecule has 1 saturated heterocycles. The van der Waals surface area contributed by atoms with Gasteiger partial charge in [0.2, 0.25) is 5.91 Å². The second kappa shape index (κ2) is 7.48. The van der Waals surface area contributed by atoms with E-state index in [2.05, 4.69) is 17.6 Å². The van der Waals surface area contributed by atoms with Crippen LogP contribution >= 0.6 is 0 Å². The van der Waals surface area contributed by atoms with E-state index in [9.17, 15) is 9.59 Å². The van der Waals surface area contributed by atoms with Crippen molar-refractivity contribution < 1.29 is 14.7 Å². The van der Waals surface area contributed by atoms with Crippen molar-refractivity contribution in [3.05, 3.63) is 0 Å². The fourth-order valence-electron chi connectivity index (χ4n) is 2.55. The average molecular weight is 270 g/mol. The van der Waals surface area contributed by atoms with Crippen molar-refractivity contribution in [2.75, 3.05) is 13.1 Å². The summed E-state index contributed by atoms with van der Waals surface area (Å²) in [5.74, 6) is -0.302. The molecule has 0 spiro atoms. The number of carbonyl (C=O) groups excluding carboxylic acids is 1. The molecule has 1 aliphatic heterocycles. The second-order valence-corrected chi connectivity index (χ2v) is 5.61. The van der Waals surface area contributed by atoms with Gasteiger partial charge in [-0.05, 0) is 45.1 Å². The first kappa shape index (κ1) is 16.0. The summed E-state index contributed by atoms with van der Waals surface area (Å²) >= 11 is 0. The third-order valence-corrected chi connectivity index (χ3v) is 4.05. The summed E-state index contributed by atoms with van der Waals surface area (Å²) in [7, 11) is 0. The lowest BCUT2D eigenvalue weighted by molar-refractivity contribution is -0.137. The molecule has 0 radical (unpaired) electrons. The molecule has 110 valence electrons. The van der Waals surface area contributed by atoms with Gasteiger partial charge in [0.15, 0.2) is 0 Å². The van der Waals surface area contributed by atoms with Gasteiger partial charge in [0.05, 0.1) is 5.54 Å². The third-order valence-electron chi connectivity index (χ3n) is 4.05. The minimum atomic E-state index is -0.745. The van der Waals surface area contributed by atoms with E-state index in [1.54, 1.807) is 0 Å². The number of carboxylic acids is 1. The molecule has 1 rings (SSSR count). The summed E-state index contributed by atoms with van der Waals surface area (Å²) in [5, 5.41) is 14.9. The highest BCUT2D eigenvalue weighted by Crippen LogP contribution is 2.19. The molecule has 5 heteroatoms. The molecule has 2 unspecified atom stereocenters. The zero-order chi connectivity index (χ0) is 14.3. The maximum absolute atomic E-state index is 12.0. The molecule has 0 aromatic rings. The van der Waals surface area contributed by atoms with E-state index in [-0.39, 0.29) is 12.3 Å². The van der Waals surface area contributed by atoms with Crippen LogP contribution in [0.25, 0.3) is 0 Å². The van der Waals surface area contributed by atoms with Gasteiger partial charge in [-0.15, -0.1) is 0 Å². The second-order valence-electron chi connectivity index (χ2n) is 5.61. The van der Waals surface area contributed by atoms with Gasteiger partial charge in [-0.1, -0.05) is 13.3 Å². The molecular weight excluding hydrogens is 244 g/mol. The fourth-order valence-corrected chi connectivity index (χ4v) is 2.55. The highest BCUT2D eigenvalue weighted by atomic mass is 16.4. The quantitative estimate of drug-likeness (QED) is 0.625. The molecule has 1 heterocycles. The Hall–Kier alpha value is -1.10. The predicted octanol–water partition coefficient (Wildman–Crippen LogP) is 1.53. The van der Waals surface area contributed by atoms with Crippen LogP contribution in [0.15, 0.2) is 0 Å². The van der Waals surface area contributed by atoms with E-state index in [1.807, 2.05) is 6.92 Å². The van der Waals surface area contributed by atoms with Crippen molar-refractivity contribution in [2.45, 2.75) is 57.9 Å². The minimum Gasteiger partial charge on any atom is -0.481 e. The first-order chi connectivity index (χ1) is 8.98. The van der Waals surface area contributed by atoms with Crippen LogP contribution in [0.5, 0.6) is 0 Å². The Morgan fingerprint density at radius 3 is 2.68 bits per heavy atom. The molecule has 0 bridgehead atoms. The van der Waals surface area contributed by atoms with Gasteiger partial charge in [-0.2, -0.15) is 0 Å². The van der Waals surface area contributed by atoms with Crippen molar-refractivity contribution in [1.82, 2.24) is 10.6 Å². The Balaban J connectivity index is 2.24. The van der Waals surface area contributed by atoms with E-state index in [4.69, 9.17) is 5.11 Å². The summed E-state index contributed by atoms with van der Waals surface area (Å²) in [6.07, 6.45) is 4.64. The molecule has 0 aliphatic carbocycles. The summed E-state index contributed by atoms with van der Waals surface area (Å²) in [5.41, 5.74) is -0.414. The van der Waals surface area contributed by atoms with Crippen molar-refractivity contribution in [3.63, 3.8) is 0 Å². The first-order valence-electron chi connectivity index (χ1n) is 7.23. The Morgan fingerprint density at radius 1 is 1.42 bits per heavy atom. The topological polar surface area (TPSA) is 78.4 Å². The average Bonchev–Trinajstić information content (AvgIpc) is 2.81. The number of nitrogens with one attached hydrogen (secondary N) is 2. The first-order valence-corrected chi connectivity index (χ1v) is 7.23. The van der Waals surface area contributed by atoms with Crippen molar-refractivity contribution in [1.29, 1.82) is 0 Å². The minimum absolute atomic E-state index is 0.0677. The van der Waals surface area contributed by atoms with Crippen LogP contribution in [0.3, 0.4) is 0 Å². The monoisotopic (exact) mass is 270 g/mol. The zero-order valence-corrected chi connectivity index (χ0v) is 12.0. The lowest BCUT2D eigenvalue weighted by atomic mass is 9.96. The molecule has 0 saturated carbocycles. The molecule has 5 nitrogen and oxygen atoms in total. The molecule has 3 N–H and O–H groups in total. The van der Waals surface area contributed by atoms with Gasteiger partial charge in [0.1, 0.15) is 0 Å².